The number of nitrogens with one attached hydrogen (secondary N) is 2. The van der Waals surface area contributed by atoms with Gasteiger partial charge >= 0.3 is 0 Å². The molecule has 0 saturated carbocycles. The molecular weight excluding hydrogens is 360 g/mol. The van der Waals surface area contributed by atoms with Crippen molar-refractivity contribution in [3.8, 4) is 11.3 Å². The van der Waals surface area contributed by atoms with Crippen LogP contribution in [0.15, 0.2) is 54.6 Å². The van der Waals surface area contributed by atoms with Crippen LogP contribution >= 0.6 is 11.6 Å². The van der Waals surface area contributed by atoms with E-state index in [1.165, 1.54) is 0 Å². The third-order valence-electron chi connectivity index (χ3n) is 4.85. The minimum absolute atomic E-state index is 0.0190. The zero-order chi connectivity index (χ0) is 18.8. The Labute approximate surface area is 163 Å². The third kappa shape index (κ3) is 3.98. The van der Waals surface area contributed by atoms with E-state index in [9.17, 15) is 4.79 Å². The van der Waals surface area contributed by atoms with E-state index in [0.717, 1.165) is 42.1 Å². The van der Waals surface area contributed by atoms with E-state index in [0.29, 0.717) is 10.6 Å². The summed E-state index contributed by atoms with van der Waals surface area (Å²) in [7, 11) is 0. The standard InChI is InChI=1S/C21H21ClN4O/c1-14-3-2-4-16(11-14)21(27)23-18-9-10-26(13-18)20-12-19(24-25-20)15-5-7-17(22)8-6-15/h2-8,11-12,18H,9-10,13H2,1H3,(H,23,27)(H,24,25)/t18-/m0/s1. The van der Waals surface area contributed by atoms with Crippen LogP contribution in [0.4, 0.5) is 5.82 Å². The molecule has 1 atom stereocenters. The number of halogens is 1. The van der Waals surface area contributed by atoms with E-state index in [1.54, 1.807) is 0 Å². The molecule has 2 heterocycles. The number of aryl methyl sites for hydroxylation is 1. The van der Waals surface area contributed by atoms with Crippen molar-refractivity contribution in [1.82, 2.24) is 15.5 Å². The molecule has 0 aliphatic carbocycles. The summed E-state index contributed by atoms with van der Waals surface area (Å²) in [5, 5.41) is 11.4. The lowest BCUT2D eigenvalue weighted by atomic mass is 10.1. The zero-order valence-electron chi connectivity index (χ0n) is 15.1. The van der Waals surface area contributed by atoms with Gasteiger partial charge in [0, 0.05) is 35.8 Å². The van der Waals surface area contributed by atoms with Crippen molar-refractivity contribution in [1.29, 1.82) is 0 Å². The van der Waals surface area contributed by atoms with Crippen molar-refractivity contribution in [3.05, 3.63) is 70.7 Å². The summed E-state index contributed by atoms with van der Waals surface area (Å²) in [5.74, 6) is 0.877. The van der Waals surface area contributed by atoms with E-state index in [4.69, 9.17) is 11.6 Å². The minimum Gasteiger partial charge on any atom is -0.353 e. The number of H-pyrrole nitrogens is 1. The molecule has 1 saturated heterocycles. The van der Waals surface area contributed by atoms with Gasteiger partial charge in [-0.3, -0.25) is 9.89 Å². The molecule has 2 aromatic carbocycles. The molecule has 0 radical (unpaired) electrons. The average molecular weight is 381 g/mol. The molecule has 4 rings (SSSR count). The van der Waals surface area contributed by atoms with E-state index in [-0.39, 0.29) is 11.9 Å². The van der Waals surface area contributed by atoms with Crippen molar-refractivity contribution in [3.63, 3.8) is 0 Å². The lowest BCUT2D eigenvalue weighted by Gasteiger charge is -2.16. The molecule has 0 unspecified atom stereocenters. The molecule has 138 valence electrons. The predicted octanol–water partition coefficient (Wildman–Crippen LogP) is 4.05. The van der Waals surface area contributed by atoms with Crippen molar-refractivity contribution < 1.29 is 4.79 Å². The molecule has 1 aliphatic rings. The summed E-state index contributed by atoms with van der Waals surface area (Å²) in [6.07, 6.45) is 0.903. The fourth-order valence-corrected chi connectivity index (χ4v) is 3.52. The second kappa shape index (κ2) is 7.45. The van der Waals surface area contributed by atoms with E-state index < -0.39 is 0 Å². The van der Waals surface area contributed by atoms with Gasteiger partial charge in [0.2, 0.25) is 0 Å². The largest absolute Gasteiger partial charge is 0.353 e. The first-order valence-electron chi connectivity index (χ1n) is 9.02. The van der Waals surface area contributed by atoms with E-state index in [1.807, 2.05) is 61.5 Å². The van der Waals surface area contributed by atoms with Gasteiger partial charge in [-0.1, -0.05) is 41.4 Å². The highest BCUT2D eigenvalue weighted by Gasteiger charge is 2.26. The highest BCUT2D eigenvalue weighted by molar-refractivity contribution is 6.30. The lowest BCUT2D eigenvalue weighted by Crippen LogP contribution is -2.37. The van der Waals surface area contributed by atoms with Gasteiger partial charge in [-0.2, -0.15) is 5.10 Å². The van der Waals surface area contributed by atoms with Crippen LogP contribution < -0.4 is 10.2 Å². The number of nitrogens with zero attached hydrogens (tertiary/aromatic N) is 2. The fourth-order valence-electron chi connectivity index (χ4n) is 3.39. The number of aromatic amines is 1. The zero-order valence-corrected chi connectivity index (χ0v) is 15.8. The van der Waals surface area contributed by atoms with E-state index >= 15 is 0 Å². The fraction of sp³-hybridized carbons (Fsp3) is 0.238. The van der Waals surface area contributed by atoms with Crippen LogP contribution in [-0.4, -0.2) is 35.2 Å². The number of amides is 1. The SMILES string of the molecule is Cc1cccc(C(=O)N[C@H]2CCN(c3cc(-c4ccc(Cl)cc4)[nH]n3)C2)c1. The van der Waals surface area contributed by atoms with Gasteiger partial charge < -0.3 is 10.2 Å². The molecule has 0 bridgehead atoms. The first-order chi connectivity index (χ1) is 13.1. The quantitative estimate of drug-likeness (QED) is 0.717. The molecule has 6 heteroatoms. The van der Waals surface area contributed by atoms with Gasteiger partial charge in [0.15, 0.2) is 5.82 Å². The summed E-state index contributed by atoms with van der Waals surface area (Å²) in [4.78, 5) is 14.6. The maximum atomic E-state index is 12.5. The summed E-state index contributed by atoms with van der Waals surface area (Å²) in [6.45, 7) is 3.61. The Morgan fingerprint density at radius 3 is 2.81 bits per heavy atom. The normalized spacial score (nSPS) is 16.5. The van der Waals surface area contributed by atoms with Crippen molar-refractivity contribution in [2.45, 2.75) is 19.4 Å². The minimum atomic E-state index is -0.0190. The first-order valence-corrected chi connectivity index (χ1v) is 9.40. The van der Waals surface area contributed by atoms with Crippen molar-refractivity contribution in [2.24, 2.45) is 0 Å². The Morgan fingerprint density at radius 1 is 1.22 bits per heavy atom. The highest BCUT2D eigenvalue weighted by atomic mass is 35.5. The van der Waals surface area contributed by atoms with Crippen LogP contribution in [0.25, 0.3) is 11.3 Å². The number of hydrogen-bond donors (Lipinski definition) is 2. The summed E-state index contributed by atoms with van der Waals surface area (Å²) in [5.41, 5.74) is 3.79. The maximum absolute atomic E-state index is 12.5. The summed E-state index contributed by atoms with van der Waals surface area (Å²) >= 11 is 5.95. The molecule has 2 N–H and O–H groups in total. The number of aromatic nitrogens is 2. The van der Waals surface area contributed by atoms with Crippen LogP contribution in [0.5, 0.6) is 0 Å². The maximum Gasteiger partial charge on any atom is 0.251 e. The Bertz CT molecular complexity index is 951. The van der Waals surface area contributed by atoms with Gasteiger partial charge in [0.25, 0.3) is 5.91 Å². The molecule has 1 fully saturated rings. The number of anilines is 1. The molecule has 1 amide bonds. The second-order valence-electron chi connectivity index (χ2n) is 6.92. The summed E-state index contributed by atoms with van der Waals surface area (Å²) in [6, 6.07) is 17.5. The number of hydrogen-bond acceptors (Lipinski definition) is 3. The van der Waals surface area contributed by atoms with Crippen molar-refractivity contribution >= 4 is 23.3 Å². The lowest BCUT2D eigenvalue weighted by molar-refractivity contribution is 0.0940. The summed E-state index contributed by atoms with van der Waals surface area (Å²) < 4.78 is 0. The highest BCUT2D eigenvalue weighted by Crippen LogP contribution is 2.25. The smallest absolute Gasteiger partial charge is 0.251 e. The third-order valence-corrected chi connectivity index (χ3v) is 5.10. The van der Waals surface area contributed by atoms with Gasteiger partial charge in [0.05, 0.1) is 5.69 Å². The van der Waals surface area contributed by atoms with Crippen molar-refractivity contribution in [2.75, 3.05) is 18.0 Å². The van der Waals surface area contributed by atoms with Crippen LogP contribution in [0, 0.1) is 6.92 Å². The van der Waals surface area contributed by atoms with Gasteiger partial charge in [0.1, 0.15) is 0 Å². The molecule has 0 spiro atoms. The van der Waals surface area contributed by atoms with E-state index in [2.05, 4.69) is 20.4 Å². The Morgan fingerprint density at radius 2 is 2.04 bits per heavy atom. The predicted molar refractivity (Wildman–Crippen MR) is 108 cm³/mol. The Balaban J connectivity index is 1.40. The topological polar surface area (TPSA) is 61.0 Å². The van der Waals surface area contributed by atoms with Crippen LogP contribution in [0.2, 0.25) is 5.02 Å². The van der Waals surface area contributed by atoms with Gasteiger partial charge in [-0.25, -0.2) is 0 Å². The number of rotatable bonds is 4. The molecular formula is C21H21ClN4O. The number of carbonyl (C=O) groups excluding carboxylic acids is 1. The molecule has 3 aromatic rings. The molecule has 5 nitrogen and oxygen atoms in total. The molecule has 1 aromatic heterocycles. The van der Waals surface area contributed by atoms with Crippen LogP contribution in [0.3, 0.4) is 0 Å². The first kappa shape index (κ1) is 17.6. The average Bonchev–Trinajstić information content (AvgIpc) is 3.32. The number of benzene rings is 2. The van der Waals surface area contributed by atoms with Gasteiger partial charge in [-0.15, -0.1) is 0 Å². The second-order valence-corrected chi connectivity index (χ2v) is 7.36. The van der Waals surface area contributed by atoms with Crippen LogP contribution in [0.1, 0.15) is 22.3 Å². The molecule has 1 aliphatic heterocycles. The Hall–Kier alpha value is -2.79. The number of carbonyl (C=O) groups is 1. The monoisotopic (exact) mass is 380 g/mol. The van der Waals surface area contributed by atoms with Gasteiger partial charge in [-0.05, 0) is 43.2 Å². The Kier molecular flexibility index (Phi) is 4.86. The molecule has 27 heavy (non-hydrogen) atoms. The van der Waals surface area contributed by atoms with Crippen LogP contribution in [-0.2, 0) is 0 Å².